The second-order valence-corrected chi connectivity index (χ2v) is 5.27. The monoisotopic (exact) mass is 339 g/mol. The number of carbonyl (C=O) groups is 1. The van der Waals surface area contributed by atoms with Gasteiger partial charge in [0.2, 0.25) is 0 Å². The second-order valence-electron chi connectivity index (χ2n) is 4.02. The van der Waals surface area contributed by atoms with Crippen LogP contribution in [0.3, 0.4) is 0 Å². The number of amides is 1. The minimum absolute atomic E-state index is 0.227. The van der Waals surface area contributed by atoms with Gasteiger partial charge in [-0.3, -0.25) is 15.6 Å². The lowest BCUT2D eigenvalue weighted by atomic mass is 10.2. The lowest BCUT2D eigenvalue weighted by molar-refractivity contribution is 0.0944. The van der Waals surface area contributed by atoms with E-state index in [1.165, 1.54) is 0 Å². The topological polar surface area (TPSA) is 53.2 Å². The number of hydrazine groups is 1. The molecule has 2 aromatic rings. The van der Waals surface area contributed by atoms with Crippen LogP contribution >= 0.6 is 35.4 Å². The molecule has 0 aromatic heterocycles. The molecule has 0 atom stereocenters. The van der Waals surface area contributed by atoms with Gasteiger partial charge in [0, 0.05) is 10.6 Å². The van der Waals surface area contributed by atoms with Crippen molar-refractivity contribution >= 4 is 52.1 Å². The summed E-state index contributed by atoms with van der Waals surface area (Å²) in [7, 11) is 0. The molecule has 0 saturated carbocycles. The molecule has 0 spiro atoms. The van der Waals surface area contributed by atoms with Gasteiger partial charge in [-0.25, -0.2) is 0 Å². The molecule has 2 aromatic carbocycles. The molecule has 0 aliphatic carbocycles. The molecule has 0 aliphatic heterocycles. The lowest BCUT2D eigenvalue weighted by Crippen LogP contribution is -2.43. The number of halogens is 2. The van der Waals surface area contributed by atoms with E-state index in [-0.39, 0.29) is 11.0 Å². The lowest BCUT2D eigenvalue weighted by Gasteiger charge is -2.12. The van der Waals surface area contributed by atoms with E-state index < -0.39 is 0 Å². The van der Waals surface area contributed by atoms with Crippen LogP contribution in [0.25, 0.3) is 0 Å². The number of para-hydroxylation sites is 1. The van der Waals surface area contributed by atoms with Crippen molar-refractivity contribution in [3.05, 3.63) is 64.1 Å². The first kappa shape index (κ1) is 15.6. The Morgan fingerprint density at radius 1 is 0.952 bits per heavy atom. The molecule has 7 heteroatoms. The van der Waals surface area contributed by atoms with Crippen LogP contribution in [0.15, 0.2) is 48.5 Å². The Balaban J connectivity index is 1.88. The fourth-order valence-corrected chi connectivity index (χ4v) is 1.97. The molecule has 1 amide bonds. The minimum Gasteiger partial charge on any atom is -0.330 e. The van der Waals surface area contributed by atoms with Crippen LogP contribution in [0, 0.1) is 0 Å². The molecule has 2 rings (SSSR count). The van der Waals surface area contributed by atoms with E-state index >= 15 is 0 Å². The highest BCUT2D eigenvalue weighted by molar-refractivity contribution is 7.80. The average Bonchev–Trinajstić information content (AvgIpc) is 2.48. The third-order valence-corrected chi connectivity index (χ3v) is 3.30. The van der Waals surface area contributed by atoms with Crippen LogP contribution in [-0.4, -0.2) is 11.0 Å². The summed E-state index contributed by atoms with van der Waals surface area (Å²) >= 11 is 16.8. The highest BCUT2D eigenvalue weighted by Gasteiger charge is 2.06. The molecule has 0 fully saturated rings. The van der Waals surface area contributed by atoms with Crippen molar-refractivity contribution in [2.45, 2.75) is 0 Å². The van der Waals surface area contributed by atoms with Gasteiger partial charge in [-0.2, -0.15) is 0 Å². The number of anilines is 1. The highest BCUT2D eigenvalue weighted by atomic mass is 35.5. The maximum Gasteiger partial charge on any atom is 0.269 e. The molecule has 0 radical (unpaired) electrons. The maximum absolute atomic E-state index is 11.8. The van der Waals surface area contributed by atoms with E-state index in [0.29, 0.717) is 21.3 Å². The van der Waals surface area contributed by atoms with Gasteiger partial charge in [-0.05, 0) is 48.6 Å². The van der Waals surface area contributed by atoms with Crippen LogP contribution in [0.1, 0.15) is 10.4 Å². The largest absolute Gasteiger partial charge is 0.330 e. The average molecular weight is 340 g/mol. The normalized spacial score (nSPS) is 9.81. The van der Waals surface area contributed by atoms with E-state index in [1.54, 1.807) is 36.4 Å². The summed E-state index contributed by atoms with van der Waals surface area (Å²) in [4.78, 5) is 11.8. The first-order valence-corrected chi connectivity index (χ1v) is 7.10. The Bertz CT molecular complexity index is 662. The molecule has 4 nitrogen and oxygen atoms in total. The number of thiocarbonyl (C=S) groups is 1. The molecule has 0 unspecified atom stereocenters. The number of nitrogens with one attached hydrogen (secondary N) is 3. The Kier molecular flexibility index (Phi) is 5.38. The van der Waals surface area contributed by atoms with Crippen LogP contribution in [0.4, 0.5) is 5.69 Å². The number of carbonyl (C=O) groups excluding carboxylic acids is 1. The highest BCUT2D eigenvalue weighted by Crippen LogP contribution is 2.20. The van der Waals surface area contributed by atoms with Gasteiger partial charge >= 0.3 is 0 Å². The molecule has 0 saturated heterocycles. The Labute approximate surface area is 137 Å². The molecule has 0 aliphatic rings. The SMILES string of the molecule is O=C(NNC(=S)Nc1ccccc1Cl)c1ccc(Cl)cc1. The van der Waals surface area contributed by atoms with Crippen molar-refractivity contribution in [2.75, 3.05) is 5.32 Å². The van der Waals surface area contributed by atoms with Crippen LogP contribution in [-0.2, 0) is 0 Å². The molecule has 3 N–H and O–H groups in total. The number of hydrogen-bond acceptors (Lipinski definition) is 2. The zero-order valence-electron chi connectivity index (χ0n) is 10.7. The Morgan fingerprint density at radius 2 is 1.62 bits per heavy atom. The van der Waals surface area contributed by atoms with E-state index in [4.69, 9.17) is 35.4 Å². The predicted molar refractivity (Wildman–Crippen MR) is 89.7 cm³/mol. The molecule has 21 heavy (non-hydrogen) atoms. The van der Waals surface area contributed by atoms with Crippen molar-refractivity contribution in [3.8, 4) is 0 Å². The van der Waals surface area contributed by atoms with E-state index in [2.05, 4.69) is 16.2 Å². The molecule has 108 valence electrons. The van der Waals surface area contributed by atoms with E-state index in [1.807, 2.05) is 12.1 Å². The van der Waals surface area contributed by atoms with Gasteiger partial charge in [0.1, 0.15) is 0 Å². The predicted octanol–water partition coefficient (Wildman–Crippen LogP) is 3.62. The molecular formula is C14H11Cl2N3OS. The Morgan fingerprint density at radius 3 is 2.29 bits per heavy atom. The second kappa shape index (κ2) is 7.26. The third kappa shape index (κ3) is 4.60. The fraction of sp³-hybridized carbons (Fsp3) is 0. The van der Waals surface area contributed by atoms with Crippen molar-refractivity contribution in [1.82, 2.24) is 10.9 Å². The smallest absolute Gasteiger partial charge is 0.269 e. The summed E-state index contributed by atoms with van der Waals surface area (Å²) in [5, 5.41) is 4.20. The van der Waals surface area contributed by atoms with Gasteiger partial charge in [0.05, 0.1) is 10.7 Å². The first-order chi connectivity index (χ1) is 10.1. The van der Waals surface area contributed by atoms with Gasteiger partial charge in [0.15, 0.2) is 5.11 Å². The summed E-state index contributed by atoms with van der Waals surface area (Å²) in [6.45, 7) is 0. The summed E-state index contributed by atoms with van der Waals surface area (Å²) in [6, 6.07) is 13.6. The van der Waals surface area contributed by atoms with Crippen LogP contribution < -0.4 is 16.2 Å². The third-order valence-electron chi connectivity index (χ3n) is 2.52. The Hall–Kier alpha value is -1.82. The fourth-order valence-electron chi connectivity index (χ4n) is 1.50. The summed E-state index contributed by atoms with van der Waals surface area (Å²) in [5.74, 6) is -0.324. The van der Waals surface area contributed by atoms with Crippen LogP contribution in [0.5, 0.6) is 0 Å². The molecule has 0 heterocycles. The minimum atomic E-state index is -0.324. The number of benzene rings is 2. The maximum atomic E-state index is 11.8. The number of hydrogen-bond donors (Lipinski definition) is 3. The molecule has 0 bridgehead atoms. The zero-order valence-corrected chi connectivity index (χ0v) is 13.0. The van der Waals surface area contributed by atoms with E-state index in [0.717, 1.165) is 0 Å². The van der Waals surface area contributed by atoms with Crippen molar-refractivity contribution in [3.63, 3.8) is 0 Å². The van der Waals surface area contributed by atoms with Gasteiger partial charge in [0.25, 0.3) is 5.91 Å². The standard InChI is InChI=1S/C14H11Cl2N3OS/c15-10-7-5-9(6-8-10)13(20)18-19-14(21)17-12-4-2-1-3-11(12)16/h1-8H,(H,18,20)(H2,17,19,21). The van der Waals surface area contributed by atoms with Crippen molar-refractivity contribution in [2.24, 2.45) is 0 Å². The van der Waals surface area contributed by atoms with Crippen molar-refractivity contribution in [1.29, 1.82) is 0 Å². The van der Waals surface area contributed by atoms with E-state index in [9.17, 15) is 4.79 Å². The van der Waals surface area contributed by atoms with Gasteiger partial charge < -0.3 is 5.32 Å². The summed E-state index contributed by atoms with van der Waals surface area (Å²) in [5.41, 5.74) is 6.20. The summed E-state index contributed by atoms with van der Waals surface area (Å²) in [6.07, 6.45) is 0. The van der Waals surface area contributed by atoms with Gasteiger partial charge in [-0.15, -0.1) is 0 Å². The number of rotatable bonds is 2. The van der Waals surface area contributed by atoms with Gasteiger partial charge in [-0.1, -0.05) is 35.3 Å². The van der Waals surface area contributed by atoms with Crippen molar-refractivity contribution < 1.29 is 4.79 Å². The molecular weight excluding hydrogens is 329 g/mol. The zero-order chi connectivity index (χ0) is 15.2. The quantitative estimate of drug-likeness (QED) is 0.577. The summed E-state index contributed by atoms with van der Waals surface area (Å²) < 4.78 is 0. The van der Waals surface area contributed by atoms with Crippen LogP contribution in [0.2, 0.25) is 10.0 Å². The first-order valence-electron chi connectivity index (χ1n) is 5.93.